The van der Waals surface area contributed by atoms with Gasteiger partial charge in [0.05, 0.1) is 13.1 Å². The zero-order valence-corrected chi connectivity index (χ0v) is 15.6. The Morgan fingerprint density at radius 3 is 2.12 bits per heavy atom. The van der Waals surface area contributed by atoms with Gasteiger partial charge in [-0.2, -0.15) is 0 Å². The van der Waals surface area contributed by atoms with E-state index in [1.165, 1.54) is 11.1 Å². The van der Waals surface area contributed by atoms with E-state index < -0.39 is 0 Å². The lowest BCUT2D eigenvalue weighted by Gasteiger charge is -2.17. The van der Waals surface area contributed by atoms with Crippen LogP contribution >= 0.6 is 0 Å². The molecule has 2 N–H and O–H groups in total. The van der Waals surface area contributed by atoms with Crippen molar-refractivity contribution in [2.45, 2.75) is 46.1 Å². The lowest BCUT2D eigenvalue weighted by molar-refractivity contribution is -0.124. The Morgan fingerprint density at radius 1 is 1.00 bits per heavy atom. The number of hydrogen-bond acceptors (Lipinski definition) is 3. The molecule has 0 fully saturated rings. The van der Waals surface area contributed by atoms with E-state index in [2.05, 4.69) is 48.7 Å². The topological polar surface area (TPSA) is 61.4 Å². The zero-order chi connectivity index (χ0) is 18.1. The van der Waals surface area contributed by atoms with E-state index in [1.54, 1.807) is 11.9 Å². The van der Waals surface area contributed by atoms with Crippen molar-refractivity contribution in [2.24, 2.45) is 0 Å². The van der Waals surface area contributed by atoms with Crippen molar-refractivity contribution < 1.29 is 9.59 Å². The minimum atomic E-state index is -0.0643. The third kappa shape index (κ3) is 8.11. The van der Waals surface area contributed by atoms with Gasteiger partial charge in [-0.15, -0.1) is 0 Å². The maximum absolute atomic E-state index is 11.9. The minimum absolute atomic E-state index is 0.0614. The average molecular weight is 333 g/mol. The monoisotopic (exact) mass is 333 g/mol. The fourth-order valence-electron chi connectivity index (χ4n) is 2.39. The molecule has 1 aromatic carbocycles. The van der Waals surface area contributed by atoms with E-state index in [9.17, 15) is 9.59 Å². The first-order valence-electron chi connectivity index (χ1n) is 8.61. The van der Waals surface area contributed by atoms with Crippen molar-refractivity contribution in [3.8, 4) is 0 Å². The van der Waals surface area contributed by atoms with Gasteiger partial charge in [-0.1, -0.05) is 38.1 Å². The molecule has 5 nitrogen and oxygen atoms in total. The Bertz CT molecular complexity index is 524. The molecule has 0 aliphatic heterocycles. The molecule has 0 aromatic heterocycles. The van der Waals surface area contributed by atoms with Crippen molar-refractivity contribution in [1.82, 2.24) is 15.5 Å². The van der Waals surface area contributed by atoms with Gasteiger partial charge in [-0.3, -0.25) is 14.5 Å². The fraction of sp³-hybridized carbons (Fsp3) is 0.579. The Labute approximate surface area is 145 Å². The molecule has 0 spiro atoms. The lowest BCUT2D eigenvalue weighted by atomic mass is 10.0. The van der Waals surface area contributed by atoms with Gasteiger partial charge in [-0.05, 0) is 44.4 Å². The van der Waals surface area contributed by atoms with Crippen LogP contribution in [-0.4, -0.2) is 49.4 Å². The summed E-state index contributed by atoms with van der Waals surface area (Å²) >= 11 is 0. The third-order valence-electron chi connectivity index (χ3n) is 3.66. The Hall–Kier alpha value is -1.88. The predicted molar refractivity (Wildman–Crippen MR) is 98.0 cm³/mol. The van der Waals surface area contributed by atoms with Gasteiger partial charge in [0.1, 0.15) is 0 Å². The molecule has 2 amide bonds. The van der Waals surface area contributed by atoms with Crippen LogP contribution in [0.1, 0.15) is 44.7 Å². The highest BCUT2D eigenvalue weighted by Crippen LogP contribution is 2.14. The van der Waals surface area contributed by atoms with Crippen LogP contribution in [0.15, 0.2) is 24.3 Å². The van der Waals surface area contributed by atoms with Gasteiger partial charge in [-0.25, -0.2) is 0 Å². The van der Waals surface area contributed by atoms with Gasteiger partial charge in [0, 0.05) is 12.6 Å². The zero-order valence-electron chi connectivity index (χ0n) is 15.6. The van der Waals surface area contributed by atoms with Crippen LogP contribution in [0, 0.1) is 0 Å². The number of likely N-dealkylation sites (N-methyl/N-ethyl adjacent to an activating group) is 1. The van der Waals surface area contributed by atoms with Gasteiger partial charge in [0.2, 0.25) is 11.8 Å². The SMILES string of the molecule is CC(C)NC(=O)CN(C)CC(=O)NCCc1ccc(C(C)C)cc1. The Balaban J connectivity index is 2.27. The summed E-state index contributed by atoms with van der Waals surface area (Å²) in [4.78, 5) is 25.3. The standard InChI is InChI=1S/C19H31N3O2/c1-14(2)17-8-6-16(7-9-17)10-11-20-18(23)12-22(5)13-19(24)21-15(3)4/h6-9,14-15H,10-13H2,1-5H3,(H,20,23)(H,21,24). The Morgan fingerprint density at radius 2 is 1.58 bits per heavy atom. The van der Waals surface area contributed by atoms with Gasteiger partial charge >= 0.3 is 0 Å². The predicted octanol–water partition coefficient (Wildman–Crippen LogP) is 1.93. The average Bonchev–Trinajstić information content (AvgIpc) is 2.46. The molecule has 134 valence electrons. The number of nitrogens with one attached hydrogen (secondary N) is 2. The summed E-state index contributed by atoms with van der Waals surface area (Å²) in [5, 5.41) is 5.71. The van der Waals surface area contributed by atoms with Crippen molar-refractivity contribution in [1.29, 1.82) is 0 Å². The first-order valence-corrected chi connectivity index (χ1v) is 8.61. The van der Waals surface area contributed by atoms with E-state index in [-0.39, 0.29) is 30.9 Å². The summed E-state index contributed by atoms with van der Waals surface area (Å²) in [6, 6.07) is 8.63. The molecule has 24 heavy (non-hydrogen) atoms. The molecule has 0 aliphatic rings. The van der Waals surface area contributed by atoms with Crippen LogP contribution < -0.4 is 10.6 Å². The molecule has 5 heteroatoms. The van der Waals surface area contributed by atoms with E-state index in [4.69, 9.17) is 0 Å². The van der Waals surface area contributed by atoms with Crippen molar-refractivity contribution in [3.05, 3.63) is 35.4 Å². The second kappa shape index (κ2) is 10.1. The van der Waals surface area contributed by atoms with Gasteiger partial charge in [0.15, 0.2) is 0 Å². The molecule has 0 bridgehead atoms. The normalized spacial score (nSPS) is 11.2. The number of carbonyl (C=O) groups is 2. The summed E-state index contributed by atoms with van der Waals surface area (Å²) in [5.74, 6) is 0.404. The molecule has 0 radical (unpaired) electrons. The van der Waals surface area contributed by atoms with Gasteiger partial charge in [0.25, 0.3) is 0 Å². The lowest BCUT2D eigenvalue weighted by Crippen LogP contribution is -2.42. The second-order valence-electron chi connectivity index (χ2n) is 6.89. The molecule has 0 saturated heterocycles. The third-order valence-corrected chi connectivity index (χ3v) is 3.66. The summed E-state index contributed by atoms with van der Waals surface area (Å²) in [6.45, 7) is 9.23. The number of nitrogens with zero attached hydrogens (tertiary/aromatic N) is 1. The summed E-state index contributed by atoms with van der Waals surface area (Å²) < 4.78 is 0. The molecular formula is C19H31N3O2. The summed E-state index contributed by atoms with van der Waals surface area (Å²) in [7, 11) is 1.77. The van der Waals surface area contributed by atoms with Crippen molar-refractivity contribution in [3.63, 3.8) is 0 Å². The Kier molecular flexibility index (Phi) is 8.47. The molecule has 0 aliphatic carbocycles. The van der Waals surface area contributed by atoms with Crippen LogP contribution in [0.4, 0.5) is 0 Å². The van der Waals surface area contributed by atoms with Crippen LogP contribution in [0.5, 0.6) is 0 Å². The smallest absolute Gasteiger partial charge is 0.234 e. The number of rotatable bonds is 9. The molecule has 0 atom stereocenters. The molecule has 0 saturated carbocycles. The minimum Gasteiger partial charge on any atom is -0.355 e. The second-order valence-corrected chi connectivity index (χ2v) is 6.89. The van der Waals surface area contributed by atoms with Crippen LogP contribution in [0.2, 0.25) is 0 Å². The van der Waals surface area contributed by atoms with Crippen molar-refractivity contribution in [2.75, 3.05) is 26.7 Å². The number of hydrogen-bond donors (Lipinski definition) is 2. The molecule has 0 unspecified atom stereocenters. The molecule has 0 heterocycles. The van der Waals surface area contributed by atoms with E-state index >= 15 is 0 Å². The van der Waals surface area contributed by atoms with E-state index in [0.717, 1.165) is 6.42 Å². The highest BCUT2D eigenvalue weighted by Gasteiger charge is 2.11. The van der Waals surface area contributed by atoms with E-state index in [1.807, 2.05) is 13.8 Å². The highest BCUT2D eigenvalue weighted by atomic mass is 16.2. The maximum atomic E-state index is 11.9. The molecule has 1 aromatic rings. The summed E-state index contributed by atoms with van der Waals surface area (Å²) in [5.41, 5.74) is 2.54. The number of benzene rings is 1. The van der Waals surface area contributed by atoms with Crippen LogP contribution in [0.3, 0.4) is 0 Å². The van der Waals surface area contributed by atoms with Crippen molar-refractivity contribution >= 4 is 11.8 Å². The largest absolute Gasteiger partial charge is 0.355 e. The molecular weight excluding hydrogens is 302 g/mol. The maximum Gasteiger partial charge on any atom is 0.234 e. The van der Waals surface area contributed by atoms with E-state index in [0.29, 0.717) is 12.5 Å². The number of amides is 2. The summed E-state index contributed by atoms with van der Waals surface area (Å²) in [6.07, 6.45) is 0.807. The quantitative estimate of drug-likeness (QED) is 0.726. The molecule has 1 rings (SSSR count). The van der Waals surface area contributed by atoms with Crippen LogP contribution in [-0.2, 0) is 16.0 Å². The highest BCUT2D eigenvalue weighted by molar-refractivity contribution is 5.81. The fourth-order valence-corrected chi connectivity index (χ4v) is 2.39. The number of carbonyl (C=O) groups excluding carboxylic acids is 2. The first kappa shape index (κ1) is 20.2. The van der Waals surface area contributed by atoms with Crippen LogP contribution in [0.25, 0.3) is 0 Å². The first-order chi connectivity index (χ1) is 11.3. The van der Waals surface area contributed by atoms with Gasteiger partial charge < -0.3 is 10.6 Å².